The Kier molecular flexibility index (Phi) is 5.43. The van der Waals surface area contributed by atoms with E-state index < -0.39 is 24.5 Å². The van der Waals surface area contributed by atoms with Crippen molar-refractivity contribution >= 4 is 12.0 Å². The first-order valence-corrected chi connectivity index (χ1v) is 6.80. The minimum atomic E-state index is -4.71. The number of alkyl halides is 3. The molecule has 1 aliphatic heterocycles. The largest absolute Gasteiger partial charge is 0.522 e. The molecule has 0 saturated carbocycles. The van der Waals surface area contributed by atoms with Crippen molar-refractivity contribution in [1.29, 1.82) is 0 Å². The number of hydrogen-bond acceptors (Lipinski definition) is 4. The van der Waals surface area contributed by atoms with Crippen molar-refractivity contribution < 1.29 is 32.2 Å². The number of carbonyl (C=O) groups is 2. The average Bonchev–Trinajstić information content (AvgIpc) is 2.46. The summed E-state index contributed by atoms with van der Waals surface area (Å²) in [6.45, 7) is -0.587. The van der Waals surface area contributed by atoms with Crippen LogP contribution < -0.4 is 5.32 Å². The number of nitrogens with zero attached hydrogens (tertiary/aromatic N) is 1. The van der Waals surface area contributed by atoms with Crippen molar-refractivity contribution in [1.82, 2.24) is 10.2 Å². The lowest BCUT2D eigenvalue weighted by Gasteiger charge is -2.38. The van der Waals surface area contributed by atoms with Gasteiger partial charge in [0.15, 0.2) is 0 Å². The molecule has 23 heavy (non-hydrogen) atoms. The first kappa shape index (κ1) is 17.1. The van der Waals surface area contributed by atoms with E-state index in [4.69, 9.17) is 4.74 Å². The number of nitrogens with one attached hydrogen (secondary N) is 1. The summed E-state index contributed by atoms with van der Waals surface area (Å²) < 4.78 is 44.5. The molecule has 0 unspecified atom stereocenters. The van der Waals surface area contributed by atoms with Gasteiger partial charge in [0.25, 0.3) is 0 Å². The average molecular weight is 332 g/mol. The number of hydrogen-bond donors (Lipinski definition) is 1. The van der Waals surface area contributed by atoms with Gasteiger partial charge in [0.05, 0.1) is 0 Å². The van der Waals surface area contributed by atoms with Gasteiger partial charge in [0.2, 0.25) is 5.91 Å². The lowest BCUT2D eigenvalue weighted by molar-refractivity contribution is -0.353. The normalized spacial score (nSPS) is 15.0. The number of carbonyl (C=O) groups excluding carboxylic acids is 2. The van der Waals surface area contributed by atoms with E-state index in [9.17, 15) is 22.8 Å². The molecular weight excluding hydrogens is 317 g/mol. The molecule has 0 radical (unpaired) electrons. The van der Waals surface area contributed by atoms with Gasteiger partial charge in [-0.3, -0.25) is 9.53 Å². The van der Waals surface area contributed by atoms with Crippen molar-refractivity contribution in [2.75, 3.05) is 19.6 Å². The number of benzene rings is 1. The third-order valence-corrected chi connectivity index (χ3v) is 3.10. The van der Waals surface area contributed by atoms with Crippen molar-refractivity contribution in [2.45, 2.75) is 19.1 Å². The molecule has 1 aromatic rings. The fraction of sp³-hybridized carbons (Fsp3) is 0.429. The van der Waals surface area contributed by atoms with Gasteiger partial charge in [-0.05, 0) is 5.56 Å². The quantitative estimate of drug-likeness (QED) is 0.890. The molecule has 1 aliphatic rings. The maximum atomic E-state index is 11.9. The highest BCUT2D eigenvalue weighted by Gasteiger charge is 2.40. The second kappa shape index (κ2) is 7.32. The van der Waals surface area contributed by atoms with E-state index in [0.717, 1.165) is 10.5 Å². The lowest BCUT2D eigenvalue weighted by Crippen LogP contribution is -2.58. The van der Waals surface area contributed by atoms with Crippen molar-refractivity contribution in [2.24, 2.45) is 0 Å². The summed E-state index contributed by atoms with van der Waals surface area (Å²) in [6, 6.07) is 8.97. The Balaban J connectivity index is 1.61. The predicted molar refractivity (Wildman–Crippen MR) is 72.1 cm³/mol. The van der Waals surface area contributed by atoms with Crippen LogP contribution in [0.3, 0.4) is 0 Å². The molecule has 1 heterocycles. The molecule has 126 valence electrons. The third-order valence-electron chi connectivity index (χ3n) is 3.10. The number of ether oxygens (including phenoxy) is 2. The Morgan fingerprint density at radius 1 is 1.22 bits per heavy atom. The van der Waals surface area contributed by atoms with Gasteiger partial charge in [-0.25, -0.2) is 4.79 Å². The predicted octanol–water partition coefficient (Wildman–Crippen LogP) is 1.66. The maximum Gasteiger partial charge on any atom is 0.522 e. The molecule has 9 heteroatoms. The highest BCUT2D eigenvalue weighted by atomic mass is 19.4. The van der Waals surface area contributed by atoms with E-state index >= 15 is 0 Å². The molecule has 0 atom stereocenters. The summed E-state index contributed by atoms with van der Waals surface area (Å²) in [7, 11) is 0. The van der Waals surface area contributed by atoms with E-state index in [1.54, 1.807) is 24.3 Å². The zero-order valence-corrected chi connectivity index (χ0v) is 12.0. The SMILES string of the molecule is O=C(NCC(=O)N1CC(OC(F)(F)F)C1)OCc1ccccc1. The number of amides is 2. The van der Waals surface area contributed by atoms with E-state index in [-0.39, 0.29) is 26.2 Å². The van der Waals surface area contributed by atoms with Crippen LogP contribution in [0, 0.1) is 0 Å². The summed E-state index contributed by atoms with van der Waals surface area (Å²) in [6.07, 6.45) is -6.53. The molecule has 1 fully saturated rings. The van der Waals surface area contributed by atoms with Crippen LogP contribution in [0.25, 0.3) is 0 Å². The molecule has 0 aliphatic carbocycles. The third kappa shape index (κ3) is 5.78. The van der Waals surface area contributed by atoms with Crippen molar-refractivity contribution in [3.05, 3.63) is 35.9 Å². The Labute approximate surface area is 130 Å². The van der Waals surface area contributed by atoms with Crippen LogP contribution in [0.15, 0.2) is 30.3 Å². The zero-order chi connectivity index (χ0) is 16.9. The summed E-state index contributed by atoms with van der Waals surface area (Å²) in [5.74, 6) is -0.497. The molecule has 1 saturated heterocycles. The highest BCUT2D eigenvalue weighted by Crippen LogP contribution is 2.23. The smallest absolute Gasteiger partial charge is 0.445 e. The summed E-state index contributed by atoms with van der Waals surface area (Å²) >= 11 is 0. The molecule has 0 aromatic heterocycles. The number of alkyl carbamates (subject to hydrolysis) is 1. The molecule has 0 spiro atoms. The second-order valence-electron chi connectivity index (χ2n) is 4.90. The van der Waals surface area contributed by atoms with E-state index in [2.05, 4.69) is 10.1 Å². The maximum absolute atomic E-state index is 11.9. The topological polar surface area (TPSA) is 67.9 Å². The van der Waals surface area contributed by atoms with Gasteiger partial charge < -0.3 is 15.0 Å². The minimum absolute atomic E-state index is 0.0616. The zero-order valence-electron chi connectivity index (χ0n) is 12.0. The van der Waals surface area contributed by atoms with Crippen LogP contribution in [-0.2, 0) is 20.9 Å². The van der Waals surface area contributed by atoms with Gasteiger partial charge in [0.1, 0.15) is 19.3 Å². The summed E-state index contributed by atoms with van der Waals surface area (Å²) in [5, 5.41) is 2.25. The van der Waals surface area contributed by atoms with E-state index in [1.807, 2.05) is 6.07 Å². The fourth-order valence-corrected chi connectivity index (χ4v) is 1.94. The van der Waals surface area contributed by atoms with E-state index in [0.29, 0.717) is 0 Å². The van der Waals surface area contributed by atoms with Gasteiger partial charge in [-0.2, -0.15) is 0 Å². The molecular formula is C14H15F3N2O4. The van der Waals surface area contributed by atoms with Crippen LogP contribution in [0.1, 0.15) is 5.56 Å². The Morgan fingerprint density at radius 3 is 2.48 bits per heavy atom. The standard InChI is InChI=1S/C14H15F3N2O4/c15-14(16,17)23-11-7-19(8-11)12(20)6-18-13(21)22-9-10-4-2-1-3-5-10/h1-5,11H,6-9H2,(H,18,21). The molecule has 2 amide bonds. The van der Waals surface area contributed by atoms with Crippen molar-refractivity contribution in [3.8, 4) is 0 Å². The lowest BCUT2D eigenvalue weighted by atomic mass is 10.1. The van der Waals surface area contributed by atoms with Gasteiger partial charge >= 0.3 is 12.5 Å². The molecule has 0 bridgehead atoms. The number of likely N-dealkylation sites (tertiary alicyclic amines) is 1. The first-order chi connectivity index (χ1) is 10.8. The van der Waals surface area contributed by atoms with Gasteiger partial charge in [-0.1, -0.05) is 30.3 Å². The van der Waals surface area contributed by atoms with Crippen LogP contribution in [0.2, 0.25) is 0 Å². The highest BCUT2D eigenvalue weighted by molar-refractivity contribution is 5.82. The Morgan fingerprint density at radius 2 is 1.87 bits per heavy atom. The van der Waals surface area contributed by atoms with Gasteiger partial charge in [-0.15, -0.1) is 13.2 Å². The Hall–Kier alpha value is -2.29. The fourth-order valence-electron chi connectivity index (χ4n) is 1.94. The summed E-state index contributed by atoms with van der Waals surface area (Å²) in [5.41, 5.74) is 0.795. The first-order valence-electron chi connectivity index (χ1n) is 6.80. The molecule has 6 nitrogen and oxygen atoms in total. The van der Waals surface area contributed by atoms with E-state index in [1.165, 1.54) is 0 Å². The number of halogens is 3. The van der Waals surface area contributed by atoms with Crippen molar-refractivity contribution in [3.63, 3.8) is 0 Å². The molecule has 1 aromatic carbocycles. The van der Waals surface area contributed by atoms with Crippen LogP contribution >= 0.6 is 0 Å². The number of rotatable bonds is 5. The second-order valence-corrected chi connectivity index (χ2v) is 4.90. The van der Waals surface area contributed by atoms with Crippen LogP contribution in [0.4, 0.5) is 18.0 Å². The monoisotopic (exact) mass is 332 g/mol. The molecule has 1 N–H and O–H groups in total. The summed E-state index contributed by atoms with van der Waals surface area (Å²) in [4.78, 5) is 24.2. The van der Waals surface area contributed by atoms with Gasteiger partial charge in [0, 0.05) is 13.1 Å². The Bertz CT molecular complexity index is 545. The van der Waals surface area contributed by atoms with Crippen LogP contribution in [0.5, 0.6) is 0 Å². The minimum Gasteiger partial charge on any atom is -0.445 e. The molecule has 2 rings (SSSR count). The van der Waals surface area contributed by atoms with Crippen LogP contribution in [-0.4, -0.2) is 49.0 Å².